The number of Topliss-reactive ketones (excluding diaryl/α,β-unsaturated/α-hetero) is 1. The first-order valence-corrected chi connectivity index (χ1v) is 7.22. The third-order valence-corrected chi connectivity index (χ3v) is 5.99. The van der Waals surface area contributed by atoms with Gasteiger partial charge in [0.25, 0.3) is 0 Å². The summed E-state index contributed by atoms with van der Waals surface area (Å²) >= 11 is 0. The van der Waals surface area contributed by atoms with Gasteiger partial charge in [0.2, 0.25) is 0 Å². The van der Waals surface area contributed by atoms with Crippen molar-refractivity contribution in [3.8, 4) is 0 Å². The van der Waals surface area contributed by atoms with E-state index in [1.807, 2.05) is 0 Å². The van der Waals surface area contributed by atoms with Gasteiger partial charge in [0.15, 0.2) is 0 Å². The lowest BCUT2D eigenvalue weighted by Gasteiger charge is -2.55. The van der Waals surface area contributed by atoms with E-state index in [4.69, 9.17) is 0 Å². The topological polar surface area (TPSA) is 17.1 Å². The molecule has 1 nitrogen and oxygen atoms in total. The molecule has 0 aliphatic heterocycles. The predicted molar refractivity (Wildman–Crippen MR) is 65.1 cm³/mol. The molecule has 0 radical (unpaired) electrons. The first-order chi connectivity index (χ1) is 7.70. The SMILES string of the molecule is C[C@]12CCC(=O)C[C@H]1CC[C@H]1CCCC[C@@H]12. The van der Waals surface area contributed by atoms with Crippen molar-refractivity contribution in [3.63, 3.8) is 0 Å². The van der Waals surface area contributed by atoms with Crippen molar-refractivity contribution < 1.29 is 4.79 Å². The van der Waals surface area contributed by atoms with E-state index in [0.717, 1.165) is 30.6 Å². The van der Waals surface area contributed by atoms with Crippen molar-refractivity contribution in [2.45, 2.75) is 64.7 Å². The summed E-state index contributed by atoms with van der Waals surface area (Å²) in [4.78, 5) is 11.6. The molecule has 0 N–H and O–H groups in total. The van der Waals surface area contributed by atoms with Crippen molar-refractivity contribution in [2.75, 3.05) is 0 Å². The molecule has 4 atom stereocenters. The van der Waals surface area contributed by atoms with Crippen LogP contribution in [0.2, 0.25) is 0 Å². The number of carbonyl (C=O) groups excluding carboxylic acids is 1. The van der Waals surface area contributed by atoms with Gasteiger partial charge in [-0.25, -0.2) is 0 Å². The maximum absolute atomic E-state index is 11.6. The highest BCUT2D eigenvalue weighted by Crippen LogP contribution is 2.58. The van der Waals surface area contributed by atoms with Crippen LogP contribution < -0.4 is 0 Å². The fraction of sp³-hybridized carbons (Fsp3) is 0.933. The Morgan fingerprint density at radius 1 is 1.12 bits per heavy atom. The van der Waals surface area contributed by atoms with Gasteiger partial charge in [-0.2, -0.15) is 0 Å². The number of hydrogen-bond donors (Lipinski definition) is 0. The van der Waals surface area contributed by atoms with Gasteiger partial charge in [0.1, 0.15) is 5.78 Å². The summed E-state index contributed by atoms with van der Waals surface area (Å²) in [6.07, 6.45) is 11.5. The quantitative estimate of drug-likeness (QED) is 0.604. The molecule has 3 fully saturated rings. The van der Waals surface area contributed by atoms with E-state index in [1.165, 1.54) is 44.9 Å². The monoisotopic (exact) mass is 220 g/mol. The molecule has 0 amide bonds. The average Bonchev–Trinajstić information content (AvgIpc) is 2.31. The third kappa shape index (κ3) is 1.55. The summed E-state index contributed by atoms with van der Waals surface area (Å²) in [6, 6.07) is 0. The fourth-order valence-electron chi connectivity index (χ4n) is 4.98. The molecule has 3 rings (SSSR count). The van der Waals surface area contributed by atoms with Crippen LogP contribution in [0.15, 0.2) is 0 Å². The highest BCUT2D eigenvalue weighted by atomic mass is 16.1. The molecule has 90 valence electrons. The van der Waals surface area contributed by atoms with Crippen LogP contribution in [0.4, 0.5) is 0 Å². The Morgan fingerprint density at radius 3 is 2.81 bits per heavy atom. The van der Waals surface area contributed by atoms with Gasteiger partial charge < -0.3 is 0 Å². The minimum Gasteiger partial charge on any atom is -0.300 e. The summed E-state index contributed by atoms with van der Waals surface area (Å²) in [5, 5.41) is 0. The molecule has 0 saturated heterocycles. The lowest BCUT2D eigenvalue weighted by atomic mass is 9.50. The maximum Gasteiger partial charge on any atom is 0.133 e. The van der Waals surface area contributed by atoms with Gasteiger partial charge >= 0.3 is 0 Å². The van der Waals surface area contributed by atoms with Gasteiger partial charge in [-0.1, -0.05) is 26.2 Å². The number of ketones is 1. The van der Waals surface area contributed by atoms with Crippen LogP contribution in [-0.4, -0.2) is 5.78 Å². The fourth-order valence-corrected chi connectivity index (χ4v) is 4.98. The molecule has 3 saturated carbocycles. The first kappa shape index (κ1) is 10.8. The Bertz CT molecular complexity index is 296. The number of hydrogen-bond acceptors (Lipinski definition) is 1. The zero-order chi connectivity index (χ0) is 11.2. The molecular weight excluding hydrogens is 196 g/mol. The Morgan fingerprint density at radius 2 is 1.94 bits per heavy atom. The van der Waals surface area contributed by atoms with Crippen molar-refractivity contribution in [3.05, 3.63) is 0 Å². The second kappa shape index (κ2) is 3.85. The minimum atomic E-state index is 0.525. The highest BCUT2D eigenvalue weighted by Gasteiger charge is 2.50. The maximum atomic E-state index is 11.6. The summed E-state index contributed by atoms with van der Waals surface area (Å²) in [5.41, 5.74) is 0.525. The second-order valence-electron chi connectivity index (χ2n) is 6.67. The average molecular weight is 220 g/mol. The minimum absolute atomic E-state index is 0.525. The molecule has 3 aliphatic carbocycles. The van der Waals surface area contributed by atoms with Crippen LogP contribution >= 0.6 is 0 Å². The van der Waals surface area contributed by atoms with E-state index in [9.17, 15) is 4.79 Å². The van der Waals surface area contributed by atoms with Crippen LogP contribution in [0.3, 0.4) is 0 Å². The smallest absolute Gasteiger partial charge is 0.133 e. The Kier molecular flexibility index (Phi) is 2.60. The highest BCUT2D eigenvalue weighted by molar-refractivity contribution is 5.79. The summed E-state index contributed by atoms with van der Waals surface area (Å²) < 4.78 is 0. The van der Waals surface area contributed by atoms with Crippen molar-refractivity contribution >= 4 is 5.78 Å². The van der Waals surface area contributed by atoms with Crippen LogP contribution in [0.25, 0.3) is 0 Å². The van der Waals surface area contributed by atoms with Crippen molar-refractivity contribution in [1.29, 1.82) is 0 Å². The van der Waals surface area contributed by atoms with Crippen LogP contribution in [-0.2, 0) is 4.79 Å². The van der Waals surface area contributed by atoms with E-state index in [0.29, 0.717) is 11.2 Å². The summed E-state index contributed by atoms with van der Waals surface area (Å²) in [7, 11) is 0. The van der Waals surface area contributed by atoms with Crippen LogP contribution in [0.1, 0.15) is 64.7 Å². The summed E-state index contributed by atoms with van der Waals surface area (Å²) in [5.74, 6) is 3.22. The number of fused-ring (bicyclic) bond motifs is 3. The molecule has 0 unspecified atom stereocenters. The lowest BCUT2D eigenvalue weighted by molar-refractivity contribution is -0.131. The van der Waals surface area contributed by atoms with E-state index in [-0.39, 0.29) is 0 Å². The molecule has 0 aromatic heterocycles. The zero-order valence-corrected chi connectivity index (χ0v) is 10.5. The van der Waals surface area contributed by atoms with E-state index < -0.39 is 0 Å². The van der Waals surface area contributed by atoms with Crippen molar-refractivity contribution in [2.24, 2.45) is 23.2 Å². The Balaban J connectivity index is 1.85. The Hall–Kier alpha value is -0.330. The van der Waals surface area contributed by atoms with Gasteiger partial charge in [0, 0.05) is 12.8 Å². The molecule has 0 spiro atoms. The third-order valence-electron chi connectivity index (χ3n) is 5.99. The standard InChI is InChI=1S/C15H24O/c1-15-9-8-13(16)10-12(15)7-6-11-4-2-3-5-14(11)15/h11-12,14H,2-10H2,1H3/t11-,12-,14+,15+/m1/s1. The van der Waals surface area contributed by atoms with Crippen LogP contribution in [0, 0.1) is 23.2 Å². The Labute approximate surface area is 99.0 Å². The lowest BCUT2D eigenvalue weighted by Crippen LogP contribution is -2.48. The van der Waals surface area contributed by atoms with E-state index in [2.05, 4.69) is 6.92 Å². The largest absolute Gasteiger partial charge is 0.300 e. The van der Waals surface area contributed by atoms with Gasteiger partial charge in [-0.05, 0) is 48.9 Å². The molecule has 0 aromatic rings. The van der Waals surface area contributed by atoms with E-state index >= 15 is 0 Å². The molecular formula is C15H24O. The van der Waals surface area contributed by atoms with Gasteiger partial charge in [0.05, 0.1) is 0 Å². The zero-order valence-electron chi connectivity index (χ0n) is 10.5. The first-order valence-electron chi connectivity index (χ1n) is 7.22. The second-order valence-corrected chi connectivity index (χ2v) is 6.67. The molecule has 3 aliphatic rings. The predicted octanol–water partition coefficient (Wildman–Crippen LogP) is 3.96. The normalized spacial score (nSPS) is 48.3. The number of carbonyl (C=O) groups is 1. The van der Waals surface area contributed by atoms with Crippen LogP contribution in [0.5, 0.6) is 0 Å². The molecule has 16 heavy (non-hydrogen) atoms. The van der Waals surface area contributed by atoms with Crippen molar-refractivity contribution in [1.82, 2.24) is 0 Å². The molecule has 0 aromatic carbocycles. The number of rotatable bonds is 0. The molecule has 1 heteroatoms. The van der Waals surface area contributed by atoms with Gasteiger partial charge in [-0.3, -0.25) is 4.79 Å². The van der Waals surface area contributed by atoms with E-state index in [1.54, 1.807) is 0 Å². The summed E-state index contributed by atoms with van der Waals surface area (Å²) in [6.45, 7) is 2.51. The molecule has 0 bridgehead atoms. The van der Waals surface area contributed by atoms with Gasteiger partial charge in [-0.15, -0.1) is 0 Å². The molecule has 0 heterocycles.